The average molecular weight is 268 g/mol. The van der Waals surface area contributed by atoms with Crippen LogP contribution in [0.1, 0.15) is 25.0 Å². The summed E-state index contributed by atoms with van der Waals surface area (Å²) in [6.07, 6.45) is 1.09. The van der Waals surface area contributed by atoms with Crippen molar-refractivity contribution in [3.63, 3.8) is 0 Å². The molecule has 0 unspecified atom stereocenters. The van der Waals surface area contributed by atoms with Gasteiger partial charge < -0.3 is 5.73 Å². The third-order valence-electron chi connectivity index (χ3n) is 3.63. The molecule has 2 heteroatoms. The fourth-order valence-electron chi connectivity index (χ4n) is 2.29. The molecule has 0 aliphatic carbocycles. The van der Waals surface area contributed by atoms with Gasteiger partial charge in [0.15, 0.2) is 0 Å². The minimum atomic E-state index is 0.538. The highest BCUT2D eigenvalue weighted by molar-refractivity contribution is 5.39. The molecule has 0 atom stereocenters. The van der Waals surface area contributed by atoms with Crippen LogP contribution in [-0.4, -0.2) is 17.5 Å². The molecule has 2 N–H and O–H groups in total. The van der Waals surface area contributed by atoms with Crippen molar-refractivity contribution in [3.8, 4) is 0 Å². The monoisotopic (exact) mass is 268 g/mol. The molecule has 106 valence electrons. The SMILES string of the molecule is CC(C)N(CCc1ccccc1)Cc1ccc(N)cc1. The van der Waals surface area contributed by atoms with Gasteiger partial charge in [-0.3, -0.25) is 4.90 Å². The Labute approximate surface area is 122 Å². The van der Waals surface area contributed by atoms with E-state index in [2.05, 4.69) is 61.2 Å². The van der Waals surface area contributed by atoms with Gasteiger partial charge >= 0.3 is 0 Å². The zero-order chi connectivity index (χ0) is 14.4. The molecule has 0 spiro atoms. The number of hydrogen-bond donors (Lipinski definition) is 1. The lowest BCUT2D eigenvalue weighted by atomic mass is 10.1. The molecule has 0 saturated heterocycles. The molecule has 2 aromatic rings. The molecule has 2 nitrogen and oxygen atoms in total. The molecular formula is C18H24N2. The number of rotatable bonds is 6. The van der Waals surface area contributed by atoms with Crippen molar-refractivity contribution in [2.45, 2.75) is 32.9 Å². The summed E-state index contributed by atoms with van der Waals surface area (Å²) in [5.74, 6) is 0. The van der Waals surface area contributed by atoms with Crippen molar-refractivity contribution < 1.29 is 0 Å². The van der Waals surface area contributed by atoms with Crippen LogP contribution in [0.4, 0.5) is 5.69 Å². The van der Waals surface area contributed by atoms with E-state index >= 15 is 0 Å². The highest BCUT2D eigenvalue weighted by atomic mass is 15.1. The van der Waals surface area contributed by atoms with E-state index in [4.69, 9.17) is 5.73 Å². The van der Waals surface area contributed by atoms with Crippen LogP contribution in [-0.2, 0) is 13.0 Å². The molecule has 2 rings (SSSR count). The Hall–Kier alpha value is -1.80. The standard InChI is InChI=1S/C18H24N2/c1-15(2)20(13-12-16-6-4-3-5-7-16)14-17-8-10-18(19)11-9-17/h3-11,15H,12-14,19H2,1-2H3. The first-order valence-electron chi connectivity index (χ1n) is 7.27. The predicted octanol–water partition coefficient (Wildman–Crippen LogP) is 3.72. The van der Waals surface area contributed by atoms with Gasteiger partial charge in [0.2, 0.25) is 0 Å². The van der Waals surface area contributed by atoms with E-state index in [0.717, 1.165) is 25.2 Å². The molecule has 0 aromatic heterocycles. The highest BCUT2D eigenvalue weighted by Gasteiger charge is 2.10. The van der Waals surface area contributed by atoms with Gasteiger partial charge in [0.25, 0.3) is 0 Å². The molecule has 2 aromatic carbocycles. The van der Waals surface area contributed by atoms with E-state index in [1.807, 2.05) is 12.1 Å². The zero-order valence-electron chi connectivity index (χ0n) is 12.4. The lowest BCUT2D eigenvalue weighted by Gasteiger charge is -2.26. The van der Waals surface area contributed by atoms with Crippen molar-refractivity contribution in [2.75, 3.05) is 12.3 Å². The average Bonchev–Trinajstić information content (AvgIpc) is 2.46. The maximum atomic E-state index is 5.74. The van der Waals surface area contributed by atoms with Crippen LogP contribution in [0.25, 0.3) is 0 Å². The number of hydrogen-bond acceptors (Lipinski definition) is 2. The van der Waals surface area contributed by atoms with Gasteiger partial charge in [0.1, 0.15) is 0 Å². The summed E-state index contributed by atoms with van der Waals surface area (Å²) < 4.78 is 0. The molecule has 0 bridgehead atoms. The first kappa shape index (κ1) is 14.6. The highest BCUT2D eigenvalue weighted by Crippen LogP contribution is 2.12. The van der Waals surface area contributed by atoms with Gasteiger partial charge in [-0.15, -0.1) is 0 Å². The van der Waals surface area contributed by atoms with Gasteiger partial charge in [-0.1, -0.05) is 42.5 Å². The van der Waals surface area contributed by atoms with Gasteiger partial charge in [-0.2, -0.15) is 0 Å². The fraction of sp³-hybridized carbons (Fsp3) is 0.333. The van der Waals surface area contributed by atoms with Crippen LogP contribution in [0.2, 0.25) is 0 Å². The number of benzene rings is 2. The maximum absolute atomic E-state index is 5.74. The summed E-state index contributed by atoms with van der Waals surface area (Å²) in [5, 5.41) is 0. The second-order valence-electron chi connectivity index (χ2n) is 5.54. The van der Waals surface area contributed by atoms with E-state index < -0.39 is 0 Å². The predicted molar refractivity (Wildman–Crippen MR) is 86.5 cm³/mol. The van der Waals surface area contributed by atoms with Crippen molar-refractivity contribution >= 4 is 5.69 Å². The second-order valence-corrected chi connectivity index (χ2v) is 5.54. The first-order valence-corrected chi connectivity index (χ1v) is 7.27. The van der Waals surface area contributed by atoms with Crippen LogP contribution in [0.5, 0.6) is 0 Å². The fourth-order valence-corrected chi connectivity index (χ4v) is 2.29. The third-order valence-corrected chi connectivity index (χ3v) is 3.63. The topological polar surface area (TPSA) is 29.3 Å². The zero-order valence-corrected chi connectivity index (χ0v) is 12.4. The Morgan fingerprint density at radius 2 is 1.55 bits per heavy atom. The first-order chi connectivity index (χ1) is 9.65. The molecule has 0 saturated carbocycles. The van der Waals surface area contributed by atoms with E-state index in [1.54, 1.807) is 0 Å². The summed E-state index contributed by atoms with van der Waals surface area (Å²) >= 11 is 0. The van der Waals surface area contributed by atoms with E-state index in [1.165, 1.54) is 11.1 Å². The molecule has 0 radical (unpaired) electrons. The minimum absolute atomic E-state index is 0.538. The third kappa shape index (κ3) is 4.39. The number of nitrogens with two attached hydrogens (primary N) is 1. The number of nitrogens with zero attached hydrogens (tertiary/aromatic N) is 1. The van der Waals surface area contributed by atoms with Crippen LogP contribution < -0.4 is 5.73 Å². The maximum Gasteiger partial charge on any atom is 0.0314 e. The Morgan fingerprint density at radius 3 is 2.15 bits per heavy atom. The smallest absolute Gasteiger partial charge is 0.0314 e. The summed E-state index contributed by atoms with van der Waals surface area (Å²) in [7, 11) is 0. The van der Waals surface area contributed by atoms with Gasteiger partial charge in [0, 0.05) is 24.8 Å². The van der Waals surface area contributed by atoms with Gasteiger partial charge in [-0.25, -0.2) is 0 Å². The lowest BCUT2D eigenvalue weighted by Crippen LogP contribution is -2.32. The Balaban J connectivity index is 1.95. The van der Waals surface area contributed by atoms with E-state index in [0.29, 0.717) is 6.04 Å². The molecular weight excluding hydrogens is 244 g/mol. The van der Waals surface area contributed by atoms with E-state index in [-0.39, 0.29) is 0 Å². The molecule has 0 aliphatic heterocycles. The lowest BCUT2D eigenvalue weighted by molar-refractivity contribution is 0.215. The summed E-state index contributed by atoms with van der Waals surface area (Å²) in [4.78, 5) is 2.50. The van der Waals surface area contributed by atoms with Crippen LogP contribution >= 0.6 is 0 Å². The van der Waals surface area contributed by atoms with Crippen LogP contribution in [0.15, 0.2) is 54.6 Å². The molecule has 0 amide bonds. The molecule has 20 heavy (non-hydrogen) atoms. The number of anilines is 1. The second kappa shape index (κ2) is 7.11. The van der Waals surface area contributed by atoms with Gasteiger partial charge in [0.05, 0.1) is 0 Å². The molecule has 0 fully saturated rings. The summed E-state index contributed by atoms with van der Waals surface area (Å²) in [6.45, 7) is 6.56. The van der Waals surface area contributed by atoms with E-state index in [9.17, 15) is 0 Å². The van der Waals surface area contributed by atoms with Gasteiger partial charge in [-0.05, 0) is 43.5 Å². The van der Waals surface area contributed by atoms with Crippen molar-refractivity contribution in [1.29, 1.82) is 0 Å². The largest absolute Gasteiger partial charge is 0.399 e. The van der Waals surface area contributed by atoms with Crippen molar-refractivity contribution in [2.24, 2.45) is 0 Å². The van der Waals surface area contributed by atoms with Crippen molar-refractivity contribution in [3.05, 3.63) is 65.7 Å². The quantitative estimate of drug-likeness (QED) is 0.809. The summed E-state index contributed by atoms with van der Waals surface area (Å²) in [6, 6.07) is 19.4. The Bertz CT molecular complexity index is 503. The molecule has 0 aliphatic rings. The van der Waals surface area contributed by atoms with Crippen molar-refractivity contribution in [1.82, 2.24) is 4.90 Å². The normalized spacial score (nSPS) is 11.2. The van der Waals surface area contributed by atoms with Crippen LogP contribution in [0, 0.1) is 0 Å². The Kier molecular flexibility index (Phi) is 5.19. The Morgan fingerprint density at radius 1 is 0.900 bits per heavy atom. The van der Waals surface area contributed by atoms with Crippen LogP contribution in [0.3, 0.4) is 0 Å². The number of nitrogen functional groups attached to an aromatic ring is 1. The summed E-state index contributed by atoms with van der Waals surface area (Å²) in [5.41, 5.74) is 9.29. The minimum Gasteiger partial charge on any atom is -0.399 e. The molecule has 0 heterocycles.